The summed E-state index contributed by atoms with van der Waals surface area (Å²) < 4.78 is 0. The average molecular weight is 395 g/mol. The second-order valence-corrected chi connectivity index (χ2v) is 8.83. The molecule has 0 amide bonds. The highest BCUT2D eigenvalue weighted by molar-refractivity contribution is 7.98. The van der Waals surface area contributed by atoms with Crippen LogP contribution in [0.25, 0.3) is 21.1 Å². The fourth-order valence-electron chi connectivity index (χ4n) is 3.68. The zero-order valence-electron chi connectivity index (χ0n) is 14.9. The van der Waals surface area contributed by atoms with Gasteiger partial charge in [0, 0.05) is 10.3 Å². The summed E-state index contributed by atoms with van der Waals surface area (Å²) in [5.74, 6) is 2.03. The zero-order chi connectivity index (χ0) is 18.4. The topological polar surface area (TPSA) is 71.5 Å². The number of para-hydroxylation sites is 1. The number of aryl methyl sites for hydroxylation is 3. The maximum absolute atomic E-state index is 12.7. The van der Waals surface area contributed by atoms with Gasteiger partial charge in [-0.05, 0) is 44.2 Å². The maximum atomic E-state index is 12.7. The Morgan fingerprint density at radius 3 is 2.93 bits per heavy atom. The minimum absolute atomic E-state index is 0.00118. The fourth-order valence-corrected chi connectivity index (χ4v) is 5.90. The van der Waals surface area contributed by atoms with Crippen molar-refractivity contribution in [2.75, 3.05) is 0 Å². The first-order chi connectivity index (χ1) is 13.2. The second kappa shape index (κ2) is 6.73. The molecule has 0 spiro atoms. The molecule has 1 aliphatic rings. The number of aromatic amines is 1. The van der Waals surface area contributed by atoms with Gasteiger partial charge >= 0.3 is 0 Å². The molecule has 0 fully saturated rings. The lowest BCUT2D eigenvalue weighted by atomic mass is 9.97. The molecule has 1 aliphatic carbocycles. The van der Waals surface area contributed by atoms with Gasteiger partial charge in [0.2, 0.25) is 0 Å². The number of hydrogen-bond acceptors (Lipinski definition) is 6. The molecule has 1 aromatic carbocycles. The van der Waals surface area contributed by atoms with Gasteiger partial charge in [0.1, 0.15) is 21.5 Å². The van der Waals surface area contributed by atoms with E-state index in [2.05, 4.69) is 15.0 Å². The smallest absolute Gasteiger partial charge is 0.259 e. The molecule has 0 radical (unpaired) electrons. The Kier molecular flexibility index (Phi) is 4.21. The molecule has 0 saturated heterocycles. The second-order valence-electron chi connectivity index (χ2n) is 6.79. The fraction of sp³-hybridized carbons (Fsp3) is 0.300. The van der Waals surface area contributed by atoms with Crippen LogP contribution in [0.3, 0.4) is 0 Å². The molecule has 136 valence electrons. The number of benzene rings is 1. The van der Waals surface area contributed by atoms with E-state index in [1.807, 2.05) is 31.2 Å². The third kappa shape index (κ3) is 3.04. The molecular formula is C20H18N4OS2. The van der Waals surface area contributed by atoms with Gasteiger partial charge in [-0.1, -0.05) is 30.0 Å². The van der Waals surface area contributed by atoms with Crippen LogP contribution in [0.1, 0.15) is 34.9 Å². The van der Waals surface area contributed by atoms with Crippen molar-refractivity contribution in [2.45, 2.75) is 43.4 Å². The number of hydrogen-bond donors (Lipinski definition) is 1. The van der Waals surface area contributed by atoms with Gasteiger partial charge in [-0.25, -0.2) is 15.0 Å². The van der Waals surface area contributed by atoms with Crippen LogP contribution in [0.4, 0.5) is 0 Å². The predicted molar refractivity (Wildman–Crippen MR) is 111 cm³/mol. The number of rotatable bonds is 3. The number of nitrogens with one attached hydrogen (secondary N) is 1. The van der Waals surface area contributed by atoms with Gasteiger partial charge < -0.3 is 4.98 Å². The van der Waals surface area contributed by atoms with Crippen molar-refractivity contribution >= 4 is 44.2 Å². The van der Waals surface area contributed by atoms with Crippen molar-refractivity contribution in [3.8, 4) is 0 Å². The van der Waals surface area contributed by atoms with Gasteiger partial charge in [0.05, 0.1) is 16.7 Å². The van der Waals surface area contributed by atoms with E-state index < -0.39 is 0 Å². The highest BCUT2D eigenvalue weighted by Gasteiger charge is 2.20. The van der Waals surface area contributed by atoms with E-state index in [-0.39, 0.29) is 5.56 Å². The molecule has 27 heavy (non-hydrogen) atoms. The third-order valence-corrected chi connectivity index (χ3v) is 7.09. The number of thiophene rings is 1. The molecule has 3 heterocycles. The number of aromatic nitrogens is 4. The van der Waals surface area contributed by atoms with Crippen LogP contribution in [0.15, 0.2) is 34.1 Å². The van der Waals surface area contributed by atoms with Crippen LogP contribution in [-0.2, 0) is 18.6 Å². The molecule has 1 N–H and O–H groups in total. The molecule has 0 unspecified atom stereocenters. The predicted octanol–water partition coefficient (Wildman–Crippen LogP) is 4.41. The normalized spacial score (nSPS) is 14.0. The highest BCUT2D eigenvalue weighted by atomic mass is 32.2. The van der Waals surface area contributed by atoms with Crippen molar-refractivity contribution in [2.24, 2.45) is 0 Å². The van der Waals surface area contributed by atoms with Crippen molar-refractivity contribution < 1.29 is 0 Å². The summed E-state index contributed by atoms with van der Waals surface area (Å²) >= 11 is 3.28. The Bertz CT molecular complexity index is 1230. The number of thioether (sulfide) groups is 1. The lowest BCUT2D eigenvalue weighted by Crippen LogP contribution is -2.12. The molecular weight excluding hydrogens is 376 g/mol. The van der Waals surface area contributed by atoms with Gasteiger partial charge in [-0.2, -0.15) is 0 Å². The van der Waals surface area contributed by atoms with Crippen LogP contribution in [0.5, 0.6) is 0 Å². The van der Waals surface area contributed by atoms with Crippen molar-refractivity contribution in [1.29, 1.82) is 0 Å². The minimum Gasteiger partial charge on any atom is -0.309 e. The summed E-state index contributed by atoms with van der Waals surface area (Å²) in [6.45, 7) is 1.90. The largest absolute Gasteiger partial charge is 0.309 e. The summed E-state index contributed by atoms with van der Waals surface area (Å²) in [7, 11) is 0. The van der Waals surface area contributed by atoms with Crippen LogP contribution < -0.4 is 5.56 Å². The van der Waals surface area contributed by atoms with E-state index in [0.29, 0.717) is 11.6 Å². The first kappa shape index (κ1) is 16.9. The Morgan fingerprint density at radius 1 is 1.15 bits per heavy atom. The third-order valence-electron chi connectivity index (χ3n) is 4.90. The Morgan fingerprint density at radius 2 is 2.00 bits per heavy atom. The summed E-state index contributed by atoms with van der Waals surface area (Å²) in [5.41, 5.74) is 2.17. The molecule has 0 aliphatic heterocycles. The molecule has 3 aromatic heterocycles. The van der Waals surface area contributed by atoms with E-state index in [0.717, 1.165) is 51.2 Å². The first-order valence-corrected chi connectivity index (χ1v) is 10.9. The van der Waals surface area contributed by atoms with Gasteiger partial charge in [-0.15, -0.1) is 11.3 Å². The average Bonchev–Trinajstić information content (AvgIpc) is 3.04. The number of fused-ring (bicyclic) bond motifs is 4. The molecule has 5 nitrogen and oxygen atoms in total. The molecule has 0 saturated carbocycles. The summed E-state index contributed by atoms with van der Waals surface area (Å²) in [4.78, 5) is 31.7. The van der Waals surface area contributed by atoms with Crippen molar-refractivity contribution in [3.63, 3.8) is 0 Å². The zero-order valence-corrected chi connectivity index (χ0v) is 16.5. The standard InChI is InChI=1S/C20H18N4OS2/c1-11-21-14-8-4-2-6-12(14)19(22-11)26-10-16-23-18(25)17-13-7-3-5-9-15(13)27-20(17)24-16/h2,4,6,8H,3,5,7,9-10H2,1H3,(H,23,24,25). The van der Waals surface area contributed by atoms with Crippen molar-refractivity contribution in [3.05, 3.63) is 56.7 Å². The molecule has 0 bridgehead atoms. The Balaban J connectivity index is 1.50. The molecule has 7 heteroatoms. The lowest BCUT2D eigenvalue weighted by Gasteiger charge is -2.09. The monoisotopic (exact) mass is 394 g/mol. The number of H-pyrrole nitrogens is 1. The Hall–Kier alpha value is -2.25. The van der Waals surface area contributed by atoms with Gasteiger partial charge in [0.25, 0.3) is 5.56 Å². The molecule has 4 aromatic rings. The quantitative estimate of drug-likeness (QED) is 0.412. The van der Waals surface area contributed by atoms with E-state index in [9.17, 15) is 4.79 Å². The van der Waals surface area contributed by atoms with Crippen LogP contribution in [0, 0.1) is 6.92 Å². The highest BCUT2D eigenvalue weighted by Crippen LogP contribution is 2.34. The van der Waals surface area contributed by atoms with E-state index in [1.54, 1.807) is 23.1 Å². The minimum atomic E-state index is -0.00118. The lowest BCUT2D eigenvalue weighted by molar-refractivity contribution is 0.700. The number of nitrogens with zero attached hydrogens (tertiary/aromatic N) is 3. The van der Waals surface area contributed by atoms with Crippen LogP contribution >= 0.6 is 23.1 Å². The van der Waals surface area contributed by atoms with Gasteiger partial charge in [0.15, 0.2) is 0 Å². The first-order valence-electron chi connectivity index (χ1n) is 9.08. The van der Waals surface area contributed by atoms with E-state index in [1.165, 1.54) is 16.9 Å². The van der Waals surface area contributed by atoms with Crippen LogP contribution in [0.2, 0.25) is 0 Å². The maximum Gasteiger partial charge on any atom is 0.259 e. The van der Waals surface area contributed by atoms with E-state index >= 15 is 0 Å². The summed E-state index contributed by atoms with van der Waals surface area (Å²) in [6, 6.07) is 8.00. The van der Waals surface area contributed by atoms with Crippen molar-refractivity contribution in [1.82, 2.24) is 19.9 Å². The SMILES string of the molecule is Cc1nc(SCc2nc3sc4c(c3c(=O)[nH]2)CCCC4)c2ccccc2n1. The summed E-state index contributed by atoms with van der Waals surface area (Å²) in [6.07, 6.45) is 4.45. The van der Waals surface area contributed by atoms with E-state index in [4.69, 9.17) is 4.98 Å². The van der Waals surface area contributed by atoms with Crippen LogP contribution in [-0.4, -0.2) is 19.9 Å². The Labute approximate surface area is 164 Å². The molecule has 5 rings (SSSR count). The molecule has 0 atom stereocenters. The summed E-state index contributed by atoms with van der Waals surface area (Å²) in [5, 5.41) is 2.77. The van der Waals surface area contributed by atoms with Gasteiger partial charge in [-0.3, -0.25) is 4.79 Å².